The first-order valence-electron chi connectivity index (χ1n) is 11.9. The van der Waals surface area contributed by atoms with Crippen LogP contribution in [0, 0.1) is 5.82 Å². The highest BCUT2D eigenvalue weighted by molar-refractivity contribution is 6.07. The van der Waals surface area contributed by atoms with E-state index in [0.717, 1.165) is 11.6 Å². The second-order valence-corrected chi connectivity index (χ2v) is 9.02. The van der Waals surface area contributed by atoms with E-state index in [1.165, 1.54) is 25.6 Å². The second-order valence-electron chi connectivity index (χ2n) is 9.02. The topological polar surface area (TPSA) is 136 Å². The highest BCUT2D eigenvalue weighted by atomic mass is 19.1. The first-order valence-corrected chi connectivity index (χ1v) is 11.9. The number of amides is 2. The van der Waals surface area contributed by atoms with Gasteiger partial charge >= 0.3 is 0 Å². The van der Waals surface area contributed by atoms with Gasteiger partial charge in [0.15, 0.2) is 11.6 Å². The number of methoxy groups -OCH3 is 1. The maximum absolute atomic E-state index is 14.1. The largest absolute Gasteiger partial charge is 0.494 e. The van der Waals surface area contributed by atoms with Crippen LogP contribution in [0.4, 0.5) is 15.9 Å². The van der Waals surface area contributed by atoms with Gasteiger partial charge < -0.3 is 26.4 Å². The Morgan fingerprint density at radius 3 is 2.55 bits per heavy atom. The lowest BCUT2D eigenvalue weighted by Gasteiger charge is -2.41. The van der Waals surface area contributed by atoms with Crippen molar-refractivity contribution in [3.05, 3.63) is 89.5 Å². The minimum absolute atomic E-state index is 0.0596. The number of primary amides is 1. The number of nitrogens with zero attached hydrogens (tertiary/aromatic N) is 3. The first kappa shape index (κ1) is 26.5. The molecule has 0 saturated heterocycles. The van der Waals surface area contributed by atoms with E-state index >= 15 is 0 Å². The van der Waals surface area contributed by atoms with Crippen molar-refractivity contribution in [1.29, 1.82) is 0 Å². The molecule has 1 aromatic heterocycles. The monoisotopic (exact) mass is 516 g/mol. The van der Waals surface area contributed by atoms with Crippen LogP contribution in [-0.2, 0) is 5.54 Å². The Bertz CT molecular complexity index is 1510. The standard InChI is InChI=1S/C28H29FN6O3/c1-28(12-13-30,35(2)26-21-9-5-8-20(25(31)36)24(21)32-16-33-26)18-6-4-7-19(15-18)34-27(37)17-10-11-23(38-3)22(29)14-17/h4-11,14-16H,12-13,30H2,1-3H3,(H2,31,36)(H,34,37). The molecule has 4 rings (SSSR count). The normalized spacial score (nSPS) is 12.6. The summed E-state index contributed by atoms with van der Waals surface area (Å²) in [5.74, 6) is -1.00. The number of rotatable bonds is 9. The zero-order chi connectivity index (χ0) is 27.4. The number of hydrogen-bond donors (Lipinski definition) is 3. The Labute approximate surface area is 219 Å². The number of anilines is 2. The van der Waals surface area contributed by atoms with Gasteiger partial charge in [-0.1, -0.05) is 18.2 Å². The molecule has 3 aromatic carbocycles. The predicted octanol–water partition coefficient (Wildman–Crippen LogP) is 3.83. The summed E-state index contributed by atoms with van der Waals surface area (Å²) in [6, 6.07) is 16.6. The molecule has 1 unspecified atom stereocenters. The van der Waals surface area contributed by atoms with Gasteiger partial charge in [0, 0.05) is 23.7 Å². The summed E-state index contributed by atoms with van der Waals surface area (Å²) in [5, 5.41) is 3.50. The minimum Gasteiger partial charge on any atom is -0.494 e. The zero-order valence-corrected chi connectivity index (χ0v) is 21.4. The van der Waals surface area contributed by atoms with E-state index in [4.69, 9.17) is 16.2 Å². The van der Waals surface area contributed by atoms with E-state index in [1.54, 1.807) is 18.2 Å². The lowest BCUT2D eigenvalue weighted by molar-refractivity contribution is 0.0998. The van der Waals surface area contributed by atoms with Crippen LogP contribution < -0.4 is 26.4 Å². The summed E-state index contributed by atoms with van der Waals surface area (Å²) in [6.45, 7) is 2.39. The number of ether oxygens (including phenoxy) is 1. The van der Waals surface area contributed by atoms with Crippen molar-refractivity contribution in [3.63, 3.8) is 0 Å². The van der Waals surface area contributed by atoms with E-state index in [0.29, 0.717) is 40.9 Å². The molecule has 0 saturated carbocycles. The van der Waals surface area contributed by atoms with Crippen molar-refractivity contribution in [2.24, 2.45) is 11.5 Å². The summed E-state index contributed by atoms with van der Waals surface area (Å²) in [5.41, 5.74) is 13.3. The fraction of sp³-hybridized carbons (Fsp3) is 0.214. The number of aromatic nitrogens is 2. The third kappa shape index (κ3) is 4.98. The number of carbonyl (C=O) groups excluding carboxylic acids is 2. The molecule has 0 aliphatic rings. The Hall–Kier alpha value is -4.57. The molecular formula is C28H29FN6O3. The van der Waals surface area contributed by atoms with Gasteiger partial charge in [0.1, 0.15) is 12.1 Å². The lowest BCUT2D eigenvalue weighted by Crippen LogP contribution is -2.43. The molecule has 0 spiro atoms. The molecule has 38 heavy (non-hydrogen) atoms. The van der Waals surface area contributed by atoms with Gasteiger partial charge in [-0.3, -0.25) is 9.59 Å². The van der Waals surface area contributed by atoms with Crippen LogP contribution in [0.5, 0.6) is 5.75 Å². The summed E-state index contributed by atoms with van der Waals surface area (Å²) in [6.07, 6.45) is 1.94. The summed E-state index contributed by atoms with van der Waals surface area (Å²) < 4.78 is 19.1. The van der Waals surface area contributed by atoms with Crippen LogP contribution in [0.15, 0.2) is 67.0 Å². The van der Waals surface area contributed by atoms with E-state index in [9.17, 15) is 14.0 Å². The third-order valence-corrected chi connectivity index (χ3v) is 6.75. The first-order chi connectivity index (χ1) is 18.2. The van der Waals surface area contributed by atoms with Crippen LogP contribution in [-0.4, -0.2) is 42.5 Å². The van der Waals surface area contributed by atoms with Gasteiger partial charge in [-0.15, -0.1) is 0 Å². The number of fused-ring (bicyclic) bond motifs is 1. The highest BCUT2D eigenvalue weighted by Crippen LogP contribution is 2.37. The molecule has 1 heterocycles. The van der Waals surface area contributed by atoms with Crippen molar-refractivity contribution in [3.8, 4) is 5.75 Å². The fourth-order valence-electron chi connectivity index (χ4n) is 4.50. The molecule has 10 heteroatoms. The van der Waals surface area contributed by atoms with Crippen LogP contribution >= 0.6 is 0 Å². The zero-order valence-electron chi connectivity index (χ0n) is 21.4. The van der Waals surface area contributed by atoms with Crippen LogP contribution in [0.3, 0.4) is 0 Å². The number of benzene rings is 3. The number of para-hydroxylation sites is 1. The van der Waals surface area contributed by atoms with Crippen molar-refractivity contribution in [2.75, 3.05) is 30.9 Å². The van der Waals surface area contributed by atoms with Crippen LogP contribution in [0.25, 0.3) is 10.9 Å². The summed E-state index contributed by atoms with van der Waals surface area (Å²) >= 11 is 0. The summed E-state index contributed by atoms with van der Waals surface area (Å²) in [7, 11) is 3.25. The van der Waals surface area contributed by atoms with Crippen LogP contribution in [0.2, 0.25) is 0 Å². The van der Waals surface area contributed by atoms with Gasteiger partial charge in [-0.25, -0.2) is 14.4 Å². The lowest BCUT2D eigenvalue weighted by atomic mass is 9.86. The molecule has 1 atom stereocenters. The fourth-order valence-corrected chi connectivity index (χ4v) is 4.50. The van der Waals surface area contributed by atoms with Gasteiger partial charge in [-0.2, -0.15) is 0 Å². The highest BCUT2D eigenvalue weighted by Gasteiger charge is 2.33. The predicted molar refractivity (Wildman–Crippen MR) is 145 cm³/mol. The van der Waals surface area contributed by atoms with E-state index in [1.807, 2.05) is 43.1 Å². The quantitative estimate of drug-likeness (QED) is 0.308. The Morgan fingerprint density at radius 1 is 1.11 bits per heavy atom. The number of carbonyl (C=O) groups is 2. The number of hydrogen-bond acceptors (Lipinski definition) is 7. The smallest absolute Gasteiger partial charge is 0.255 e. The SMILES string of the molecule is COc1ccc(C(=O)Nc2cccc(C(C)(CCN)N(C)c3ncnc4c(C(N)=O)cccc34)c2)cc1F. The van der Waals surface area contributed by atoms with E-state index in [2.05, 4.69) is 15.3 Å². The van der Waals surface area contributed by atoms with E-state index < -0.39 is 23.2 Å². The molecule has 196 valence electrons. The second kappa shape index (κ2) is 10.8. The number of nitrogens with two attached hydrogens (primary N) is 2. The van der Waals surface area contributed by atoms with Gasteiger partial charge in [0.25, 0.3) is 11.8 Å². The Balaban J connectivity index is 1.70. The summed E-state index contributed by atoms with van der Waals surface area (Å²) in [4.78, 5) is 35.6. The van der Waals surface area contributed by atoms with E-state index in [-0.39, 0.29) is 11.3 Å². The van der Waals surface area contributed by atoms with Crippen molar-refractivity contribution < 1.29 is 18.7 Å². The van der Waals surface area contributed by atoms with Crippen molar-refractivity contribution >= 4 is 34.2 Å². The molecular weight excluding hydrogens is 487 g/mol. The maximum atomic E-state index is 14.1. The van der Waals surface area contributed by atoms with Gasteiger partial charge in [0.2, 0.25) is 0 Å². The number of nitrogens with one attached hydrogen (secondary N) is 1. The maximum Gasteiger partial charge on any atom is 0.255 e. The molecule has 0 bridgehead atoms. The molecule has 2 amide bonds. The molecule has 0 radical (unpaired) electrons. The minimum atomic E-state index is -0.661. The molecule has 0 fully saturated rings. The van der Waals surface area contributed by atoms with Crippen molar-refractivity contribution in [1.82, 2.24) is 9.97 Å². The average Bonchev–Trinajstić information content (AvgIpc) is 2.92. The molecule has 0 aliphatic carbocycles. The van der Waals surface area contributed by atoms with Gasteiger partial charge in [0.05, 0.1) is 23.7 Å². The van der Waals surface area contributed by atoms with Crippen molar-refractivity contribution in [2.45, 2.75) is 18.9 Å². The van der Waals surface area contributed by atoms with Crippen LogP contribution in [0.1, 0.15) is 39.6 Å². The Kier molecular flexibility index (Phi) is 7.54. The Morgan fingerprint density at radius 2 is 1.87 bits per heavy atom. The molecule has 4 aromatic rings. The third-order valence-electron chi connectivity index (χ3n) is 6.75. The number of halogens is 1. The van der Waals surface area contributed by atoms with Gasteiger partial charge in [-0.05, 0) is 67.9 Å². The molecule has 5 N–H and O–H groups in total. The molecule has 9 nitrogen and oxygen atoms in total. The molecule has 0 aliphatic heterocycles. The average molecular weight is 517 g/mol.